The molecule has 2 nitrogen and oxygen atoms in total. The number of benzene rings is 2. The van der Waals surface area contributed by atoms with Crippen LogP contribution in [0.3, 0.4) is 0 Å². The second kappa shape index (κ2) is 11.0. The van der Waals surface area contributed by atoms with Crippen molar-refractivity contribution < 1.29 is 5.48 Å². The Bertz CT molecular complexity index is 472. The van der Waals surface area contributed by atoms with Crippen molar-refractivity contribution in [1.82, 2.24) is 0 Å². The van der Waals surface area contributed by atoms with Crippen LogP contribution in [0.1, 0.15) is 62.5 Å². The number of nitrogens with two attached hydrogens (primary N) is 1. The molecule has 0 aromatic heterocycles. The van der Waals surface area contributed by atoms with E-state index in [2.05, 4.69) is 67.6 Å². The van der Waals surface area contributed by atoms with E-state index in [1.807, 2.05) is 0 Å². The Morgan fingerprint density at radius 2 is 1.22 bits per heavy atom. The second-order valence-electron chi connectivity index (χ2n) is 6.17. The summed E-state index contributed by atoms with van der Waals surface area (Å²) in [5.74, 6) is 0.300. The Morgan fingerprint density at radius 1 is 0.739 bits per heavy atom. The van der Waals surface area contributed by atoms with Crippen molar-refractivity contribution in [3.8, 4) is 0 Å². The summed E-state index contributed by atoms with van der Waals surface area (Å²) >= 11 is 0. The summed E-state index contributed by atoms with van der Waals surface area (Å²) in [5.41, 5.74) is 9.25. The third kappa shape index (κ3) is 6.17. The van der Waals surface area contributed by atoms with E-state index in [0.717, 1.165) is 6.42 Å². The van der Waals surface area contributed by atoms with Crippen molar-refractivity contribution in [2.45, 2.75) is 57.4 Å². The molecule has 2 aromatic carbocycles. The van der Waals surface area contributed by atoms with E-state index in [1.165, 1.54) is 43.2 Å². The van der Waals surface area contributed by atoms with Gasteiger partial charge in [-0.05, 0) is 17.5 Å². The van der Waals surface area contributed by atoms with E-state index in [1.54, 1.807) is 0 Å². The molecule has 0 aliphatic heterocycles. The fourth-order valence-corrected chi connectivity index (χ4v) is 3.16. The van der Waals surface area contributed by atoms with Gasteiger partial charge < -0.3 is 11.2 Å². The first-order chi connectivity index (χ1) is 10.8. The van der Waals surface area contributed by atoms with Crippen LogP contribution in [0.5, 0.6) is 0 Å². The van der Waals surface area contributed by atoms with E-state index in [-0.39, 0.29) is 11.5 Å². The maximum Gasteiger partial charge on any atom is 0.0241 e. The van der Waals surface area contributed by atoms with E-state index in [4.69, 9.17) is 5.73 Å². The van der Waals surface area contributed by atoms with Gasteiger partial charge in [0.15, 0.2) is 0 Å². The summed E-state index contributed by atoms with van der Waals surface area (Å²) in [5, 5.41) is 0. The standard InChI is InChI=1S/C21H29N.H2O/c1-2-3-4-5-12-17-20(22)21(18-13-8-6-9-14-18)19-15-10-7-11-16-19;/h6-11,13-16,20-21H,2-5,12,17,22H2,1H3;1H2. The summed E-state index contributed by atoms with van der Waals surface area (Å²) in [6.07, 6.45) is 7.61. The van der Waals surface area contributed by atoms with Crippen LogP contribution in [0.15, 0.2) is 60.7 Å². The Kier molecular flexibility index (Phi) is 9.27. The fourth-order valence-electron chi connectivity index (χ4n) is 3.16. The average Bonchev–Trinajstić information content (AvgIpc) is 2.57. The molecular weight excluding hydrogens is 282 g/mol. The van der Waals surface area contributed by atoms with Gasteiger partial charge in [-0.15, -0.1) is 0 Å². The molecule has 4 N–H and O–H groups in total. The molecule has 0 saturated heterocycles. The molecule has 0 fully saturated rings. The highest BCUT2D eigenvalue weighted by Crippen LogP contribution is 2.29. The van der Waals surface area contributed by atoms with Crippen molar-refractivity contribution in [2.24, 2.45) is 5.73 Å². The van der Waals surface area contributed by atoms with E-state index < -0.39 is 0 Å². The van der Waals surface area contributed by atoms with Crippen molar-refractivity contribution >= 4 is 0 Å². The number of hydrogen-bond donors (Lipinski definition) is 1. The highest BCUT2D eigenvalue weighted by Gasteiger charge is 2.21. The zero-order chi connectivity index (χ0) is 15.6. The van der Waals surface area contributed by atoms with Crippen LogP contribution in [-0.2, 0) is 0 Å². The summed E-state index contributed by atoms with van der Waals surface area (Å²) in [6.45, 7) is 2.26. The van der Waals surface area contributed by atoms with E-state index in [0.29, 0.717) is 5.92 Å². The Balaban J connectivity index is 0.00000264. The molecule has 0 bridgehead atoms. The number of unbranched alkanes of at least 4 members (excludes halogenated alkanes) is 4. The molecule has 0 saturated carbocycles. The summed E-state index contributed by atoms with van der Waals surface area (Å²) < 4.78 is 0. The van der Waals surface area contributed by atoms with Crippen LogP contribution >= 0.6 is 0 Å². The van der Waals surface area contributed by atoms with Crippen LogP contribution in [0, 0.1) is 0 Å². The van der Waals surface area contributed by atoms with Gasteiger partial charge in [0.05, 0.1) is 0 Å². The minimum absolute atomic E-state index is 0. The number of rotatable bonds is 9. The normalized spacial score (nSPS) is 12.0. The van der Waals surface area contributed by atoms with Crippen molar-refractivity contribution in [2.75, 3.05) is 0 Å². The van der Waals surface area contributed by atoms with Crippen LogP contribution in [0.4, 0.5) is 0 Å². The van der Waals surface area contributed by atoms with Gasteiger partial charge in [-0.25, -0.2) is 0 Å². The van der Waals surface area contributed by atoms with E-state index >= 15 is 0 Å². The van der Waals surface area contributed by atoms with Crippen molar-refractivity contribution in [3.63, 3.8) is 0 Å². The van der Waals surface area contributed by atoms with Crippen molar-refractivity contribution in [1.29, 1.82) is 0 Å². The predicted octanol–water partition coefficient (Wildman–Crippen LogP) is 4.68. The Morgan fingerprint density at radius 3 is 1.70 bits per heavy atom. The highest BCUT2D eigenvalue weighted by atomic mass is 16.0. The van der Waals surface area contributed by atoms with Crippen molar-refractivity contribution in [3.05, 3.63) is 71.8 Å². The molecule has 0 radical (unpaired) electrons. The van der Waals surface area contributed by atoms with Gasteiger partial charge in [-0.2, -0.15) is 0 Å². The lowest BCUT2D eigenvalue weighted by atomic mass is 9.83. The van der Waals surface area contributed by atoms with Gasteiger partial charge in [0.25, 0.3) is 0 Å². The smallest absolute Gasteiger partial charge is 0.0241 e. The third-order valence-corrected chi connectivity index (χ3v) is 4.39. The molecule has 23 heavy (non-hydrogen) atoms. The molecule has 0 heterocycles. The molecule has 1 atom stereocenters. The van der Waals surface area contributed by atoms with Crippen LogP contribution in [-0.4, -0.2) is 11.5 Å². The minimum atomic E-state index is 0. The van der Waals surface area contributed by atoms with Gasteiger partial charge in [0, 0.05) is 12.0 Å². The lowest BCUT2D eigenvalue weighted by molar-refractivity contribution is 0.504. The summed E-state index contributed by atoms with van der Waals surface area (Å²) in [7, 11) is 0. The van der Waals surface area contributed by atoms with E-state index in [9.17, 15) is 0 Å². The maximum atomic E-state index is 6.60. The number of hydrogen-bond acceptors (Lipinski definition) is 1. The lowest BCUT2D eigenvalue weighted by Crippen LogP contribution is -2.29. The summed E-state index contributed by atoms with van der Waals surface area (Å²) in [6, 6.07) is 21.6. The molecule has 2 heteroatoms. The monoisotopic (exact) mass is 313 g/mol. The highest BCUT2D eigenvalue weighted by molar-refractivity contribution is 5.34. The second-order valence-corrected chi connectivity index (χ2v) is 6.17. The van der Waals surface area contributed by atoms with Gasteiger partial charge in [0.1, 0.15) is 0 Å². The molecule has 0 amide bonds. The average molecular weight is 313 g/mol. The first kappa shape index (κ1) is 19.4. The van der Waals surface area contributed by atoms with Gasteiger partial charge >= 0.3 is 0 Å². The van der Waals surface area contributed by atoms with Crippen LogP contribution in [0.2, 0.25) is 0 Å². The van der Waals surface area contributed by atoms with Crippen LogP contribution < -0.4 is 5.73 Å². The molecule has 126 valence electrons. The fraction of sp³-hybridized carbons (Fsp3) is 0.429. The predicted molar refractivity (Wildman–Crippen MR) is 99.7 cm³/mol. The zero-order valence-electron chi connectivity index (χ0n) is 14.2. The maximum absolute atomic E-state index is 6.60. The first-order valence-corrected chi connectivity index (χ1v) is 8.68. The summed E-state index contributed by atoms with van der Waals surface area (Å²) in [4.78, 5) is 0. The van der Waals surface area contributed by atoms with Gasteiger partial charge in [-0.1, -0.05) is 99.7 Å². The largest absolute Gasteiger partial charge is 0.412 e. The minimum Gasteiger partial charge on any atom is -0.412 e. The molecule has 2 aromatic rings. The third-order valence-electron chi connectivity index (χ3n) is 4.39. The van der Waals surface area contributed by atoms with Gasteiger partial charge in [0.2, 0.25) is 0 Å². The quantitative estimate of drug-likeness (QED) is 0.671. The first-order valence-electron chi connectivity index (χ1n) is 8.68. The SMILES string of the molecule is CCCCCCCC(N)C(c1ccccc1)c1ccccc1.O. The molecule has 0 aliphatic rings. The van der Waals surface area contributed by atoms with Gasteiger partial charge in [-0.3, -0.25) is 0 Å². The molecule has 1 unspecified atom stereocenters. The molecular formula is C21H31NO. The molecule has 2 rings (SSSR count). The Hall–Kier alpha value is -1.64. The zero-order valence-corrected chi connectivity index (χ0v) is 14.2. The lowest BCUT2D eigenvalue weighted by Gasteiger charge is -2.25. The Labute approximate surface area is 141 Å². The van der Waals surface area contributed by atoms with Crippen LogP contribution in [0.25, 0.3) is 0 Å². The topological polar surface area (TPSA) is 57.5 Å². The molecule has 0 aliphatic carbocycles. The molecule has 0 spiro atoms.